The van der Waals surface area contributed by atoms with Crippen molar-refractivity contribution in [3.8, 4) is 0 Å². The third-order valence-corrected chi connectivity index (χ3v) is 4.50. The first-order valence-electron chi connectivity index (χ1n) is 8.70. The minimum absolute atomic E-state index is 0. The second-order valence-corrected chi connectivity index (χ2v) is 6.33. The minimum Gasteiger partial charge on any atom is -1.00 e. The number of quaternary nitrogens is 1. The van der Waals surface area contributed by atoms with Gasteiger partial charge in [0, 0.05) is 6.08 Å². The lowest BCUT2D eigenvalue weighted by Gasteiger charge is -2.30. The van der Waals surface area contributed by atoms with E-state index in [9.17, 15) is 4.79 Å². The number of benzene rings is 1. The van der Waals surface area contributed by atoms with Crippen LogP contribution in [0.3, 0.4) is 0 Å². The van der Waals surface area contributed by atoms with E-state index in [1.807, 2.05) is 49.4 Å². The monoisotopic (exact) mass is 376 g/mol. The van der Waals surface area contributed by atoms with Crippen LogP contribution in [-0.4, -0.2) is 38.8 Å². The summed E-state index contributed by atoms with van der Waals surface area (Å²) in [6, 6.07) is 12.0. The van der Waals surface area contributed by atoms with Crippen LogP contribution in [0.5, 0.6) is 0 Å². The average molecular weight is 377 g/mol. The lowest BCUT2D eigenvalue weighted by molar-refractivity contribution is -0.938. The summed E-state index contributed by atoms with van der Waals surface area (Å²) in [4.78, 5) is 13.6. The van der Waals surface area contributed by atoms with Crippen molar-refractivity contribution in [1.82, 2.24) is 5.32 Å². The van der Waals surface area contributed by atoms with Crippen LogP contribution in [0, 0.1) is 6.92 Å². The summed E-state index contributed by atoms with van der Waals surface area (Å²) < 4.78 is 11.0. The molecule has 0 spiro atoms. The third-order valence-electron chi connectivity index (χ3n) is 4.50. The molecule has 1 fully saturated rings. The Kier molecular flexibility index (Phi) is 7.91. The Bertz CT molecular complexity index is 692. The molecule has 1 amide bonds. The number of nitrogens with one attached hydrogen (secondary N) is 2. The maximum Gasteiger partial charge on any atom is 0.244 e. The molecule has 140 valence electrons. The van der Waals surface area contributed by atoms with Crippen LogP contribution in [-0.2, 0) is 9.53 Å². The van der Waals surface area contributed by atoms with E-state index in [1.54, 1.807) is 12.3 Å². The van der Waals surface area contributed by atoms with Crippen molar-refractivity contribution in [2.75, 3.05) is 32.8 Å². The normalized spacial score (nSPS) is 16.2. The molecule has 2 heterocycles. The van der Waals surface area contributed by atoms with Crippen LogP contribution in [0.25, 0.3) is 6.08 Å². The Morgan fingerprint density at radius 3 is 2.62 bits per heavy atom. The van der Waals surface area contributed by atoms with E-state index in [0.29, 0.717) is 6.54 Å². The highest BCUT2D eigenvalue weighted by molar-refractivity contribution is 5.91. The number of carbonyl (C=O) groups excluding carboxylic acids is 1. The molecule has 1 saturated heterocycles. The molecular formula is C20H25ClN2O3. The topological polar surface area (TPSA) is 55.9 Å². The van der Waals surface area contributed by atoms with Crippen molar-refractivity contribution in [2.45, 2.75) is 13.0 Å². The Balaban J connectivity index is 0.00000243. The first kappa shape index (κ1) is 20.2. The Hall–Kier alpha value is -2.08. The first-order chi connectivity index (χ1) is 12.2. The fraction of sp³-hybridized carbons (Fsp3) is 0.350. The third kappa shape index (κ3) is 5.73. The van der Waals surface area contributed by atoms with Gasteiger partial charge in [0.1, 0.15) is 13.1 Å². The summed E-state index contributed by atoms with van der Waals surface area (Å²) in [6.07, 6.45) is 5.10. The van der Waals surface area contributed by atoms with Gasteiger partial charge in [0.25, 0.3) is 0 Å². The summed E-state index contributed by atoms with van der Waals surface area (Å²) in [5, 5.41) is 3.00. The standard InChI is InChI=1S/C20H24N2O3.ClH/c1-16-4-6-17(7-5-16)8-9-20(23)21-15-18(19-3-2-12-25-19)22-10-13-24-14-11-22;/h2-9,12,18H,10-11,13-15H2,1H3,(H,21,23);1H. The van der Waals surface area contributed by atoms with E-state index >= 15 is 0 Å². The number of amides is 1. The number of furan rings is 1. The van der Waals surface area contributed by atoms with Gasteiger partial charge in [0.2, 0.25) is 5.91 Å². The van der Waals surface area contributed by atoms with Crippen LogP contribution < -0.4 is 22.6 Å². The van der Waals surface area contributed by atoms with Gasteiger partial charge in [-0.2, -0.15) is 0 Å². The summed E-state index contributed by atoms with van der Waals surface area (Å²) >= 11 is 0. The molecule has 2 aromatic rings. The summed E-state index contributed by atoms with van der Waals surface area (Å²) in [5.41, 5.74) is 2.22. The van der Waals surface area contributed by atoms with Gasteiger partial charge in [-0.1, -0.05) is 29.8 Å². The van der Waals surface area contributed by atoms with Gasteiger partial charge < -0.3 is 31.8 Å². The molecule has 0 bridgehead atoms. The highest BCUT2D eigenvalue weighted by atomic mass is 35.5. The number of hydrogen-bond donors (Lipinski definition) is 2. The van der Waals surface area contributed by atoms with Gasteiger partial charge in [0.15, 0.2) is 11.8 Å². The average Bonchev–Trinajstić information content (AvgIpc) is 3.17. The molecule has 0 radical (unpaired) electrons. The number of carbonyl (C=O) groups is 1. The molecular weight excluding hydrogens is 352 g/mol. The van der Waals surface area contributed by atoms with Gasteiger partial charge in [-0.05, 0) is 30.7 Å². The second kappa shape index (κ2) is 10.2. The maximum absolute atomic E-state index is 12.2. The minimum atomic E-state index is -0.0928. The highest BCUT2D eigenvalue weighted by Gasteiger charge is 2.28. The van der Waals surface area contributed by atoms with Gasteiger partial charge in [-0.25, -0.2) is 0 Å². The zero-order chi connectivity index (χ0) is 17.5. The number of halogens is 1. The Morgan fingerprint density at radius 2 is 1.96 bits per heavy atom. The number of rotatable bonds is 6. The SMILES string of the molecule is Cc1ccc(C=CC(=O)NCC(c2ccco2)[NH+]2CCOCC2)cc1.[Cl-]. The van der Waals surface area contributed by atoms with E-state index in [0.717, 1.165) is 37.6 Å². The molecule has 1 unspecified atom stereocenters. The maximum atomic E-state index is 12.2. The van der Waals surface area contributed by atoms with Crippen molar-refractivity contribution in [2.24, 2.45) is 0 Å². The predicted molar refractivity (Wildman–Crippen MR) is 96.2 cm³/mol. The van der Waals surface area contributed by atoms with Gasteiger partial charge in [-0.3, -0.25) is 4.79 Å². The summed E-state index contributed by atoms with van der Waals surface area (Å²) in [5.74, 6) is 0.810. The number of ether oxygens (including phenoxy) is 1. The summed E-state index contributed by atoms with van der Waals surface area (Å²) in [6.45, 7) is 5.91. The van der Waals surface area contributed by atoms with Gasteiger partial charge in [0.05, 0.1) is 26.0 Å². The smallest absolute Gasteiger partial charge is 0.244 e. The zero-order valence-corrected chi connectivity index (χ0v) is 15.7. The van der Waals surface area contributed by atoms with E-state index in [1.165, 1.54) is 10.5 Å². The quantitative estimate of drug-likeness (QED) is 0.596. The molecule has 1 aliphatic rings. The first-order valence-corrected chi connectivity index (χ1v) is 8.70. The molecule has 1 aromatic heterocycles. The van der Waals surface area contributed by atoms with Crippen molar-refractivity contribution in [3.63, 3.8) is 0 Å². The van der Waals surface area contributed by atoms with Gasteiger partial charge in [-0.15, -0.1) is 0 Å². The molecule has 26 heavy (non-hydrogen) atoms. The zero-order valence-electron chi connectivity index (χ0n) is 14.9. The molecule has 3 rings (SSSR count). The van der Waals surface area contributed by atoms with Crippen molar-refractivity contribution >= 4 is 12.0 Å². The fourth-order valence-electron chi connectivity index (χ4n) is 3.03. The van der Waals surface area contributed by atoms with E-state index in [4.69, 9.17) is 9.15 Å². The number of morpholine rings is 1. The van der Waals surface area contributed by atoms with E-state index in [2.05, 4.69) is 5.32 Å². The predicted octanol–water partition coefficient (Wildman–Crippen LogP) is -1.62. The van der Waals surface area contributed by atoms with Crippen molar-refractivity contribution in [1.29, 1.82) is 0 Å². The van der Waals surface area contributed by atoms with Crippen LogP contribution >= 0.6 is 0 Å². The van der Waals surface area contributed by atoms with E-state index < -0.39 is 0 Å². The van der Waals surface area contributed by atoms with Crippen LogP contribution in [0.1, 0.15) is 22.9 Å². The van der Waals surface area contributed by atoms with Crippen molar-refractivity contribution < 1.29 is 31.3 Å². The van der Waals surface area contributed by atoms with Crippen LogP contribution in [0.2, 0.25) is 0 Å². The number of hydrogen-bond acceptors (Lipinski definition) is 3. The Labute approximate surface area is 160 Å². The lowest BCUT2D eigenvalue weighted by atomic mass is 10.1. The lowest BCUT2D eigenvalue weighted by Crippen LogP contribution is -3.15. The van der Waals surface area contributed by atoms with E-state index in [-0.39, 0.29) is 24.4 Å². The molecule has 6 heteroatoms. The molecule has 5 nitrogen and oxygen atoms in total. The molecule has 2 N–H and O–H groups in total. The highest BCUT2D eigenvalue weighted by Crippen LogP contribution is 2.10. The largest absolute Gasteiger partial charge is 1.00 e. The molecule has 1 atom stereocenters. The van der Waals surface area contributed by atoms with Gasteiger partial charge >= 0.3 is 0 Å². The fourth-order valence-corrected chi connectivity index (χ4v) is 3.03. The molecule has 0 aliphatic carbocycles. The van der Waals surface area contributed by atoms with Crippen LogP contribution in [0.15, 0.2) is 53.2 Å². The molecule has 0 saturated carbocycles. The second-order valence-electron chi connectivity index (χ2n) is 6.33. The Morgan fingerprint density at radius 1 is 1.23 bits per heavy atom. The molecule has 1 aliphatic heterocycles. The number of aryl methyl sites for hydroxylation is 1. The van der Waals surface area contributed by atoms with Crippen molar-refractivity contribution in [3.05, 3.63) is 65.6 Å². The molecule has 1 aromatic carbocycles. The van der Waals surface area contributed by atoms with Crippen LogP contribution in [0.4, 0.5) is 0 Å². The summed E-state index contributed by atoms with van der Waals surface area (Å²) in [7, 11) is 0.